The average molecular weight is 446 g/mol. The Morgan fingerprint density at radius 2 is 1.77 bits per heavy atom. The molecular weight excluding hydrogens is 418 g/mol. The molecule has 0 aromatic heterocycles. The molecule has 8 nitrogen and oxygen atoms in total. The van der Waals surface area contributed by atoms with E-state index in [4.69, 9.17) is 0 Å². The molecule has 2 aromatic rings. The number of amides is 2. The van der Waals surface area contributed by atoms with Gasteiger partial charge in [0.2, 0.25) is 21.8 Å². The van der Waals surface area contributed by atoms with Crippen molar-refractivity contribution >= 4 is 27.5 Å². The standard InChI is InChI=1S/C22H27N3O5S/c1-16(26)24-19-6-10-21(11-7-19)31(29,30)25-14-2-3-18(15-25)22(28)23-13-12-17-4-8-20(27)9-5-17/h4-11,18,27H,2-3,12-15H2,1H3,(H,23,28)(H,24,26)/t18-/m0/s1. The first-order valence-corrected chi connectivity index (χ1v) is 11.6. The number of piperidine rings is 1. The van der Waals surface area contributed by atoms with Crippen LogP contribution in [0.15, 0.2) is 53.4 Å². The molecule has 1 aliphatic rings. The third-order valence-corrected chi connectivity index (χ3v) is 7.10. The van der Waals surface area contributed by atoms with Gasteiger partial charge < -0.3 is 15.7 Å². The van der Waals surface area contributed by atoms with Crippen molar-refractivity contribution in [3.8, 4) is 5.75 Å². The summed E-state index contributed by atoms with van der Waals surface area (Å²) in [5.41, 5.74) is 1.52. The number of benzene rings is 2. The van der Waals surface area contributed by atoms with Crippen molar-refractivity contribution in [2.75, 3.05) is 25.0 Å². The number of aromatic hydroxyl groups is 1. The molecule has 166 valence electrons. The molecule has 1 aliphatic heterocycles. The number of hydrogen-bond donors (Lipinski definition) is 3. The second kappa shape index (κ2) is 9.93. The van der Waals surface area contributed by atoms with Gasteiger partial charge in [-0.1, -0.05) is 12.1 Å². The first kappa shape index (κ1) is 22.8. The Bertz CT molecular complexity index is 1020. The zero-order valence-electron chi connectivity index (χ0n) is 17.4. The van der Waals surface area contributed by atoms with Gasteiger partial charge in [0.15, 0.2) is 0 Å². The van der Waals surface area contributed by atoms with Crippen LogP contribution >= 0.6 is 0 Å². The van der Waals surface area contributed by atoms with Crippen molar-refractivity contribution in [1.29, 1.82) is 0 Å². The predicted molar refractivity (Wildman–Crippen MR) is 117 cm³/mol. The third kappa shape index (κ3) is 6.05. The molecule has 31 heavy (non-hydrogen) atoms. The van der Waals surface area contributed by atoms with Gasteiger partial charge in [-0.3, -0.25) is 9.59 Å². The Morgan fingerprint density at radius 3 is 2.42 bits per heavy atom. The summed E-state index contributed by atoms with van der Waals surface area (Å²) < 4.78 is 27.4. The molecule has 3 rings (SSSR count). The van der Waals surface area contributed by atoms with Crippen molar-refractivity contribution < 1.29 is 23.1 Å². The maximum Gasteiger partial charge on any atom is 0.243 e. The quantitative estimate of drug-likeness (QED) is 0.604. The molecule has 0 saturated carbocycles. The van der Waals surface area contributed by atoms with Crippen molar-refractivity contribution in [2.24, 2.45) is 5.92 Å². The fourth-order valence-electron chi connectivity index (χ4n) is 3.57. The number of sulfonamides is 1. The second-order valence-electron chi connectivity index (χ2n) is 7.62. The summed E-state index contributed by atoms with van der Waals surface area (Å²) in [6.45, 7) is 2.33. The summed E-state index contributed by atoms with van der Waals surface area (Å²) in [6.07, 6.45) is 1.87. The molecule has 1 fully saturated rings. The molecule has 1 heterocycles. The highest BCUT2D eigenvalue weighted by Crippen LogP contribution is 2.25. The van der Waals surface area contributed by atoms with Crippen LogP contribution in [0.1, 0.15) is 25.3 Å². The fraction of sp³-hybridized carbons (Fsp3) is 0.364. The van der Waals surface area contributed by atoms with E-state index in [-0.39, 0.29) is 29.0 Å². The minimum Gasteiger partial charge on any atom is -0.508 e. The zero-order chi connectivity index (χ0) is 22.4. The van der Waals surface area contributed by atoms with E-state index in [1.807, 2.05) is 0 Å². The highest BCUT2D eigenvalue weighted by atomic mass is 32.2. The largest absolute Gasteiger partial charge is 0.508 e. The number of rotatable bonds is 7. The Morgan fingerprint density at radius 1 is 1.10 bits per heavy atom. The number of carbonyl (C=O) groups is 2. The van der Waals surface area contributed by atoms with Gasteiger partial charge in [0, 0.05) is 32.2 Å². The molecule has 0 radical (unpaired) electrons. The van der Waals surface area contributed by atoms with Crippen LogP contribution in [0.3, 0.4) is 0 Å². The number of nitrogens with one attached hydrogen (secondary N) is 2. The highest BCUT2D eigenvalue weighted by molar-refractivity contribution is 7.89. The fourth-order valence-corrected chi connectivity index (χ4v) is 5.10. The molecule has 3 N–H and O–H groups in total. The van der Waals surface area contributed by atoms with Gasteiger partial charge in [-0.2, -0.15) is 4.31 Å². The minimum absolute atomic E-state index is 0.134. The minimum atomic E-state index is -3.72. The van der Waals surface area contributed by atoms with Gasteiger partial charge in [-0.25, -0.2) is 8.42 Å². The van der Waals surface area contributed by atoms with Gasteiger partial charge >= 0.3 is 0 Å². The molecule has 0 aliphatic carbocycles. The monoisotopic (exact) mass is 445 g/mol. The lowest BCUT2D eigenvalue weighted by Gasteiger charge is -2.31. The Balaban J connectivity index is 1.57. The lowest BCUT2D eigenvalue weighted by molar-refractivity contribution is -0.126. The van der Waals surface area contributed by atoms with E-state index in [0.717, 1.165) is 5.56 Å². The van der Waals surface area contributed by atoms with E-state index in [2.05, 4.69) is 10.6 Å². The molecule has 2 aromatic carbocycles. The smallest absolute Gasteiger partial charge is 0.243 e. The van der Waals surface area contributed by atoms with Crippen LogP contribution < -0.4 is 10.6 Å². The summed E-state index contributed by atoms with van der Waals surface area (Å²) >= 11 is 0. The van der Waals surface area contributed by atoms with Crippen LogP contribution in [-0.4, -0.2) is 49.3 Å². The number of anilines is 1. The SMILES string of the molecule is CC(=O)Nc1ccc(S(=O)(=O)N2CCC[C@H](C(=O)NCCc3ccc(O)cc3)C2)cc1. The summed E-state index contributed by atoms with van der Waals surface area (Å²) in [4.78, 5) is 23.8. The molecule has 0 spiro atoms. The van der Waals surface area contributed by atoms with Gasteiger partial charge in [-0.05, 0) is 61.2 Å². The third-order valence-electron chi connectivity index (χ3n) is 5.22. The maximum atomic E-state index is 13.0. The highest BCUT2D eigenvalue weighted by Gasteiger charge is 2.33. The topological polar surface area (TPSA) is 116 Å². The van der Waals surface area contributed by atoms with Crippen molar-refractivity contribution in [2.45, 2.75) is 31.1 Å². The number of hydrogen-bond acceptors (Lipinski definition) is 5. The Kier molecular flexibility index (Phi) is 7.29. The predicted octanol–water partition coefficient (Wildman–Crippen LogP) is 2.11. The van der Waals surface area contributed by atoms with Crippen LogP contribution in [0.2, 0.25) is 0 Å². The van der Waals surface area contributed by atoms with Gasteiger partial charge in [0.25, 0.3) is 0 Å². The van der Waals surface area contributed by atoms with Crippen LogP contribution in [-0.2, 0) is 26.0 Å². The molecule has 1 saturated heterocycles. The normalized spacial score (nSPS) is 17.1. The maximum absolute atomic E-state index is 13.0. The van der Waals surface area contributed by atoms with Crippen LogP contribution in [0.4, 0.5) is 5.69 Å². The summed E-state index contributed by atoms with van der Waals surface area (Å²) in [5.74, 6) is -0.589. The molecule has 0 unspecified atom stereocenters. The van der Waals surface area contributed by atoms with E-state index >= 15 is 0 Å². The first-order chi connectivity index (χ1) is 14.8. The molecule has 2 amide bonds. The van der Waals surface area contributed by atoms with Gasteiger partial charge in [-0.15, -0.1) is 0 Å². The van der Waals surface area contributed by atoms with Crippen LogP contribution in [0, 0.1) is 5.92 Å². The number of nitrogens with zero attached hydrogens (tertiary/aromatic N) is 1. The van der Waals surface area contributed by atoms with E-state index < -0.39 is 15.9 Å². The average Bonchev–Trinajstić information content (AvgIpc) is 2.75. The molecular formula is C22H27N3O5S. The summed E-state index contributed by atoms with van der Waals surface area (Å²) in [7, 11) is -3.72. The lowest BCUT2D eigenvalue weighted by atomic mass is 9.99. The van der Waals surface area contributed by atoms with Crippen molar-refractivity contribution in [3.05, 3.63) is 54.1 Å². The Labute approximate surface area is 182 Å². The number of phenols is 1. The second-order valence-corrected chi connectivity index (χ2v) is 9.55. The van der Waals surface area contributed by atoms with Crippen LogP contribution in [0.25, 0.3) is 0 Å². The van der Waals surface area contributed by atoms with Crippen molar-refractivity contribution in [1.82, 2.24) is 9.62 Å². The number of carbonyl (C=O) groups excluding carboxylic acids is 2. The summed E-state index contributed by atoms with van der Waals surface area (Å²) in [5, 5.41) is 14.8. The van der Waals surface area contributed by atoms with E-state index in [9.17, 15) is 23.1 Å². The molecule has 0 bridgehead atoms. The van der Waals surface area contributed by atoms with E-state index in [1.54, 1.807) is 36.4 Å². The Hall–Kier alpha value is -2.91. The lowest BCUT2D eigenvalue weighted by Crippen LogP contribution is -2.45. The van der Waals surface area contributed by atoms with E-state index in [1.165, 1.54) is 23.4 Å². The number of phenolic OH excluding ortho intramolecular Hbond substituents is 1. The summed E-state index contributed by atoms with van der Waals surface area (Å²) in [6, 6.07) is 12.8. The molecule has 1 atom stereocenters. The van der Waals surface area contributed by atoms with Gasteiger partial charge in [0.1, 0.15) is 5.75 Å². The molecule has 9 heteroatoms. The van der Waals surface area contributed by atoms with E-state index in [0.29, 0.717) is 38.0 Å². The van der Waals surface area contributed by atoms with Crippen molar-refractivity contribution in [3.63, 3.8) is 0 Å². The first-order valence-electron chi connectivity index (χ1n) is 10.2. The van der Waals surface area contributed by atoms with Crippen LogP contribution in [0.5, 0.6) is 5.75 Å². The zero-order valence-corrected chi connectivity index (χ0v) is 18.2. The van der Waals surface area contributed by atoms with Gasteiger partial charge in [0.05, 0.1) is 10.8 Å².